The molecular weight excluding hydrogens is 743 g/mol. The summed E-state index contributed by atoms with van der Waals surface area (Å²) >= 11 is 0. The van der Waals surface area contributed by atoms with E-state index < -0.39 is 21.2 Å². The molecule has 0 spiro atoms. The minimum absolute atomic E-state index is 0.0679. The van der Waals surface area contributed by atoms with Crippen molar-refractivity contribution in [2.45, 2.75) is 109 Å². The summed E-state index contributed by atoms with van der Waals surface area (Å²) in [5.41, 5.74) is 7.59. The Morgan fingerprint density at radius 1 is 1.00 bits per heavy atom. The highest BCUT2D eigenvalue weighted by Crippen LogP contribution is 2.48. The molecule has 3 fully saturated rings. The monoisotopic (exact) mass is 801 g/mol. The van der Waals surface area contributed by atoms with Gasteiger partial charge in [0.2, 0.25) is 10.0 Å². The molecule has 3 N–H and O–H groups in total. The number of ether oxygens (including phenoxy) is 3. The van der Waals surface area contributed by atoms with Crippen molar-refractivity contribution in [1.82, 2.24) is 19.2 Å². The fourth-order valence-corrected chi connectivity index (χ4v) is 9.55. The van der Waals surface area contributed by atoms with E-state index >= 15 is 0 Å². The summed E-state index contributed by atoms with van der Waals surface area (Å²) in [5.74, 6) is 7.33. The summed E-state index contributed by atoms with van der Waals surface area (Å²) < 4.78 is 47.4. The van der Waals surface area contributed by atoms with Gasteiger partial charge in [0.15, 0.2) is 0 Å². The van der Waals surface area contributed by atoms with E-state index in [1.165, 1.54) is 12.0 Å². The van der Waals surface area contributed by atoms with Gasteiger partial charge in [-0.05, 0) is 111 Å². The van der Waals surface area contributed by atoms with Crippen LogP contribution in [-0.4, -0.2) is 92.6 Å². The minimum Gasteiger partial charge on any atom is -0.497 e. The number of carbonyl (C=O) groups is 2. The van der Waals surface area contributed by atoms with Crippen molar-refractivity contribution in [3.8, 4) is 17.0 Å². The Morgan fingerprint density at radius 2 is 1.75 bits per heavy atom. The number of rotatable bonds is 12. The van der Waals surface area contributed by atoms with E-state index in [4.69, 9.17) is 20.1 Å². The minimum atomic E-state index is -3.86. The number of aromatic nitrogens is 1. The normalized spacial score (nSPS) is 19.7. The molecule has 1 aromatic heterocycles. The van der Waals surface area contributed by atoms with Gasteiger partial charge in [0.1, 0.15) is 5.75 Å². The maximum Gasteiger partial charge on any atom is 0.264 e. The van der Waals surface area contributed by atoms with Gasteiger partial charge >= 0.3 is 0 Å². The molecule has 0 radical (unpaired) electrons. The van der Waals surface area contributed by atoms with E-state index in [0.717, 1.165) is 78.2 Å². The van der Waals surface area contributed by atoms with Crippen LogP contribution in [0.5, 0.6) is 5.75 Å². The van der Waals surface area contributed by atoms with Crippen LogP contribution in [0.1, 0.15) is 106 Å². The molecule has 2 amide bonds. The molecule has 0 unspecified atom stereocenters. The van der Waals surface area contributed by atoms with E-state index in [1.54, 1.807) is 34.1 Å². The van der Waals surface area contributed by atoms with Crippen LogP contribution in [0, 0.1) is 5.92 Å². The molecule has 12 nitrogen and oxygen atoms in total. The third-order valence-electron chi connectivity index (χ3n) is 12.3. The maximum atomic E-state index is 14.9. The first-order valence-corrected chi connectivity index (χ1v) is 22.2. The van der Waals surface area contributed by atoms with Crippen LogP contribution in [-0.2, 0) is 30.8 Å². The van der Waals surface area contributed by atoms with Crippen molar-refractivity contribution in [3.05, 3.63) is 69.9 Å². The van der Waals surface area contributed by atoms with E-state index in [-0.39, 0.29) is 29.5 Å². The second-order valence-electron chi connectivity index (χ2n) is 16.7. The summed E-state index contributed by atoms with van der Waals surface area (Å²) in [6.07, 6.45) is 10.4. The number of nitrogens with two attached hydrogens (primary N) is 1. The lowest BCUT2D eigenvalue weighted by molar-refractivity contribution is -0.137. The molecule has 2 aliphatic carbocycles. The molecule has 2 aromatic carbocycles. The van der Waals surface area contributed by atoms with Crippen molar-refractivity contribution < 1.29 is 32.2 Å². The van der Waals surface area contributed by atoms with Gasteiger partial charge in [-0.2, -0.15) is 0 Å². The SMILES string of the molecule is COC[C@@H]1CN(C(=O)/C(=C(\C2=Cc3cc(OC)ccc3-c3c(C4CCCCC4)c4ccc(C(=O)NS(=O)(=O)C(C)C)cc4n3C2)N(N)C2CCC2)C(C)C)CCO1. The highest BCUT2D eigenvalue weighted by molar-refractivity contribution is 7.90. The lowest BCUT2D eigenvalue weighted by Crippen LogP contribution is -2.50. The van der Waals surface area contributed by atoms with Gasteiger partial charge in [0, 0.05) is 53.8 Å². The largest absolute Gasteiger partial charge is 0.497 e. The standard InChI is InChI=1S/C44H59N5O7S/c1-27(2)39(44(51)47-19-20-56-35(25-47)26-54-5)41(49(45)33-13-10-14-33)32-21-31-22-34(55-6)16-18-36(31)42-40(29-11-8-7-9-12-29)37-17-15-30(23-38(37)48(42)24-32)43(50)46-57(52,53)28(3)4/h15-18,21-23,27-29,33,35H,7-14,19-20,24-26,45H2,1-6H3,(H,46,50)/b41-39+/t35-/m0/s1. The van der Waals surface area contributed by atoms with Crippen LogP contribution >= 0.6 is 0 Å². The Balaban J connectivity index is 1.48. The van der Waals surface area contributed by atoms with Gasteiger partial charge < -0.3 is 28.7 Å². The van der Waals surface area contributed by atoms with Crippen molar-refractivity contribution in [3.63, 3.8) is 0 Å². The number of morpholine rings is 1. The summed E-state index contributed by atoms with van der Waals surface area (Å²) in [6.45, 7) is 9.25. The molecule has 3 heterocycles. The molecular formula is C44H59N5O7S. The molecule has 13 heteroatoms. The van der Waals surface area contributed by atoms with Crippen LogP contribution in [0.3, 0.4) is 0 Å². The first-order chi connectivity index (χ1) is 27.3. The second-order valence-corrected chi connectivity index (χ2v) is 18.9. The number of nitrogens with one attached hydrogen (secondary N) is 1. The molecule has 0 bridgehead atoms. The van der Waals surface area contributed by atoms with Gasteiger partial charge in [0.25, 0.3) is 11.8 Å². The average molecular weight is 802 g/mol. The van der Waals surface area contributed by atoms with Gasteiger partial charge in [-0.15, -0.1) is 0 Å². The predicted octanol–water partition coefficient (Wildman–Crippen LogP) is 6.74. The van der Waals surface area contributed by atoms with Crippen LogP contribution < -0.4 is 15.3 Å². The highest BCUT2D eigenvalue weighted by atomic mass is 32.2. The van der Waals surface area contributed by atoms with Crippen molar-refractivity contribution in [2.75, 3.05) is 40.5 Å². The van der Waals surface area contributed by atoms with Gasteiger partial charge in [-0.3, -0.25) is 9.59 Å². The zero-order valence-corrected chi connectivity index (χ0v) is 35.1. The zero-order valence-electron chi connectivity index (χ0n) is 34.3. The Hall–Kier alpha value is -4.17. The number of allylic oxidation sites excluding steroid dienone is 1. The fraction of sp³-hybridized carbons (Fsp3) is 0.545. The van der Waals surface area contributed by atoms with Crippen molar-refractivity contribution in [1.29, 1.82) is 0 Å². The lowest BCUT2D eigenvalue weighted by atomic mass is 9.81. The molecule has 3 aromatic rings. The third kappa shape index (κ3) is 8.13. The van der Waals surface area contributed by atoms with Crippen molar-refractivity contribution in [2.24, 2.45) is 11.8 Å². The van der Waals surface area contributed by atoms with E-state index in [9.17, 15) is 18.0 Å². The van der Waals surface area contributed by atoms with Gasteiger partial charge in [0.05, 0.1) is 49.6 Å². The Kier molecular flexibility index (Phi) is 12.2. The van der Waals surface area contributed by atoms with Crippen LogP contribution in [0.4, 0.5) is 0 Å². The number of amides is 2. The van der Waals surface area contributed by atoms with E-state index in [2.05, 4.69) is 41.3 Å². The average Bonchev–Trinajstić information content (AvgIpc) is 3.38. The number of hydrazine groups is 1. The first-order valence-electron chi connectivity index (χ1n) is 20.6. The van der Waals surface area contributed by atoms with Crippen LogP contribution in [0.25, 0.3) is 28.2 Å². The number of methoxy groups -OCH3 is 2. The van der Waals surface area contributed by atoms with E-state index in [1.807, 2.05) is 28.1 Å². The van der Waals surface area contributed by atoms with Crippen molar-refractivity contribution >= 4 is 38.8 Å². The summed E-state index contributed by atoms with van der Waals surface area (Å²) in [7, 11) is -0.558. The summed E-state index contributed by atoms with van der Waals surface area (Å²) in [4.78, 5) is 30.4. The molecule has 2 saturated carbocycles. The predicted molar refractivity (Wildman–Crippen MR) is 223 cm³/mol. The summed E-state index contributed by atoms with van der Waals surface area (Å²) in [5, 5.41) is 2.12. The molecule has 308 valence electrons. The number of hydrogen-bond acceptors (Lipinski definition) is 9. The molecule has 7 rings (SSSR count). The number of hydrogen-bond donors (Lipinski definition) is 2. The maximum absolute atomic E-state index is 14.9. The Labute approximate surface area is 337 Å². The Bertz CT molecular complexity index is 2180. The molecule has 57 heavy (non-hydrogen) atoms. The zero-order chi connectivity index (χ0) is 40.6. The number of fused-ring (bicyclic) bond motifs is 5. The first kappa shape index (κ1) is 41.0. The second kappa shape index (κ2) is 17.0. The van der Waals surface area contributed by atoms with E-state index in [0.29, 0.717) is 55.8 Å². The van der Waals surface area contributed by atoms with Crippen LogP contribution in [0.2, 0.25) is 0 Å². The number of benzene rings is 2. The van der Waals surface area contributed by atoms with Gasteiger partial charge in [-0.25, -0.2) is 19.0 Å². The number of carbonyl (C=O) groups excluding carboxylic acids is 2. The Morgan fingerprint density at radius 3 is 2.40 bits per heavy atom. The topological polar surface area (TPSA) is 145 Å². The molecule has 4 aliphatic rings. The van der Waals surface area contributed by atoms with Gasteiger partial charge in [-0.1, -0.05) is 39.2 Å². The highest BCUT2D eigenvalue weighted by Gasteiger charge is 2.37. The quantitative estimate of drug-likeness (QED) is 0.116. The number of sulfonamides is 1. The third-order valence-corrected chi connectivity index (χ3v) is 14.0. The molecule has 1 atom stereocenters. The molecule has 2 aliphatic heterocycles. The summed E-state index contributed by atoms with van der Waals surface area (Å²) in [6, 6.07) is 11.8. The lowest BCUT2D eigenvalue weighted by Gasteiger charge is -2.40. The van der Waals surface area contributed by atoms with Crippen LogP contribution in [0.15, 0.2) is 53.2 Å². The fourth-order valence-electron chi connectivity index (χ4n) is 8.94. The smallest absolute Gasteiger partial charge is 0.264 e. The molecule has 1 saturated heterocycles. The number of nitrogens with zero attached hydrogens (tertiary/aromatic N) is 3.